The summed E-state index contributed by atoms with van der Waals surface area (Å²) in [5.41, 5.74) is 8.19. The van der Waals surface area contributed by atoms with Gasteiger partial charge in [0.1, 0.15) is 5.82 Å². The first kappa shape index (κ1) is 16.0. The van der Waals surface area contributed by atoms with E-state index in [-0.39, 0.29) is 5.82 Å². The highest BCUT2D eigenvalue weighted by Crippen LogP contribution is 2.25. The second kappa shape index (κ2) is 6.60. The number of aryl methyl sites for hydroxylation is 1. The minimum absolute atomic E-state index is 0.215. The van der Waals surface area contributed by atoms with E-state index in [4.69, 9.17) is 5.73 Å². The number of anilines is 1. The first-order valence-corrected chi connectivity index (χ1v) is 7.27. The monoisotopic (exact) mass is 299 g/mol. The molecule has 0 radical (unpaired) electrons. The topological polar surface area (TPSA) is 50.4 Å². The number of nitrogens with zero attached hydrogens (tertiary/aromatic N) is 1. The van der Waals surface area contributed by atoms with Crippen LogP contribution in [0.3, 0.4) is 0 Å². The molecule has 0 aromatic heterocycles. The highest BCUT2D eigenvalue weighted by molar-refractivity contribution is 5.92. The fourth-order valence-corrected chi connectivity index (χ4v) is 2.20. The van der Waals surface area contributed by atoms with Gasteiger partial charge in [-0.15, -0.1) is 0 Å². The number of nitrogens with one attached hydrogen (secondary N) is 1. The zero-order valence-corrected chi connectivity index (χ0v) is 13.2. The molecule has 0 amide bonds. The van der Waals surface area contributed by atoms with Crippen molar-refractivity contribution in [3.63, 3.8) is 0 Å². The van der Waals surface area contributed by atoms with E-state index in [0.717, 1.165) is 5.69 Å². The van der Waals surface area contributed by atoms with Crippen LogP contribution in [-0.2, 0) is 5.41 Å². The minimum Gasteiger partial charge on any atom is -0.370 e. The Kier molecular flexibility index (Phi) is 4.81. The number of nitrogens with two attached hydrogens (primary N) is 1. The molecule has 0 bridgehead atoms. The summed E-state index contributed by atoms with van der Waals surface area (Å²) in [6.45, 7) is 6.33. The molecule has 0 aliphatic heterocycles. The van der Waals surface area contributed by atoms with Crippen LogP contribution >= 0.6 is 0 Å². The molecule has 3 N–H and O–H groups in total. The van der Waals surface area contributed by atoms with Crippen LogP contribution in [0, 0.1) is 12.7 Å². The lowest BCUT2D eigenvalue weighted by Gasteiger charge is -2.23. The summed E-state index contributed by atoms with van der Waals surface area (Å²) >= 11 is 0. The quantitative estimate of drug-likeness (QED) is 0.665. The number of hydrogen-bond acceptors (Lipinski definition) is 1. The van der Waals surface area contributed by atoms with E-state index in [9.17, 15) is 4.39 Å². The van der Waals surface area contributed by atoms with Gasteiger partial charge in [-0.05, 0) is 30.7 Å². The maximum absolute atomic E-state index is 13.9. The first-order valence-electron chi connectivity index (χ1n) is 7.27. The number of benzene rings is 2. The van der Waals surface area contributed by atoms with Gasteiger partial charge in [0.25, 0.3) is 0 Å². The molecule has 0 fully saturated rings. The molecule has 0 aliphatic rings. The van der Waals surface area contributed by atoms with Gasteiger partial charge < -0.3 is 11.1 Å². The molecule has 0 spiro atoms. The van der Waals surface area contributed by atoms with Crippen molar-refractivity contribution in [2.45, 2.75) is 26.2 Å². The highest BCUT2D eigenvalue weighted by atomic mass is 19.1. The van der Waals surface area contributed by atoms with Crippen LogP contribution < -0.4 is 11.1 Å². The molecule has 2 aromatic rings. The van der Waals surface area contributed by atoms with Gasteiger partial charge in [0.15, 0.2) is 5.96 Å². The molecule has 0 aliphatic carbocycles. The predicted molar refractivity (Wildman–Crippen MR) is 90.7 cm³/mol. The molecule has 116 valence electrons. The lowest BCUT2D eigenvalue weighted by atomic mass is 9.84. The maximum atomic E-state index is 13.9. The van der Waals surface area contributed by atoms with E-state index in [1.807, 2.05) is 51.1 Å². The van der Waals surface area contributed by atoms with Crippen LogP contribution in [0.1, 0.15) is 25.0 Å². The van der Waals surface area contributed by atoms with Gasteiger partial charge in [-0.25, -0.2) is 4.39 Å². The van der Waals surface area contributed by atoms with Crippen molar-refractivity contribution in [2.75, 3.05) is 11.9 Å². The molecular formula is C18H22FN3. The third kappa shape index (κ3) is 4.07. The van der Waals surface area contributed by atoms with Crippen LogP contribution in [0.15, 0.2) is 53.5 Å². The maximum Gasteiger partial charge on any atom is 0.193 e. The minimum atomic E-state index is -0.426. The highest BCUT2D eigenvalue weighted by Gasteiger charge is 2.23. The van der Waals surface area contributed by atoms with E-state index >= 15 is 0 Å². The smallest absolute Gasteiger partial charge is 0.193 e. The normalized spacial score (nSPS) is 12.3. The lowest BCUT2D eigenvalue weighted by molar-refractivity contribution is 0.494. The van der Waals surface area contributed by atoms with Gasteiger partial charge in [0.2, 0.25) is 0 Å². The van der Waals surface area contributed by atoms with Crippen molar-refractivity contribution in [2.24, 2.45) is 10.7 Å². The number of halogens is 1. The predicted octanol–water partition coefficient (Wildman–Crippen LogP) is 3.84. The first-order chi connectivity index (χ1) is 10.4. The standard InChI is InChI=1S/C18H22FN3/c1-13-8-10-14(11-9-13)22-17(20)21-12-18(2,3)15-6-4-5-7-16(15)19/h4-11H,12H2,1-3H3,(H3,20,21,22). The third-order valence-electron chi connectivity index (χ3n) is 3.57. The molecule has 0 saturated heterocycles. The third-order valence-corrected chi connectivity index (χ3v) is 3.57. The van der Waals surface area contributed by atoms with E-state index in [0.29, 0.717) is 18.1 Å². The summed E-state index contributed by atoms with van der Waals surface area (Å²) in [7, 11) is 0. The summed E-state index contributed by atoms with van der Waals surface area (Å²) in [6, 6.07) is 14.7. The van der Waals surface area contributed by atoms with Gasteiger partial charge in [-0.2, -0.15) is 0 Å². The van der Waals surface area contributed by atoms with Crippen LogP contribution in [0.2, 0.25) is 0 Å². The molecule has 3 nitrogen and oxygen atoms in total. The van der Waals surface area contributed by atoms with Crippen LogP contribution in [-0.4, -0.2) is 12.5 Å². The average Bonchev–Trinajstić information content (AvgIpc) is 2.48. The molecule has 0 atom stereocenters. The van der Waals surface area contributed by atoms with Gasteiger partial charge in [-0.1, -0.05) is 49.7 Å². The lowest BCUT2D eigenvalue weighted by Crippen LogP contribution is -2.28. The van der Waals surface area contributed by atoms with Crippen molar-refractivity contribution in [3.8, 4) is 0 Å². The number of aliphatic imine (C=N–C) groups is 1. The zero-order valence-electron chi connectivity index (χ0n) is 13.2. The summed E-state index contributed by atoms with van der Waals surface area (Å²) in [4.78, 5) is 4.35. The Bertz CT molecular complexity index is 660. The molecule has 22 heavy (non-hydrogen) atoms. The summed E-state index contributed by atoms with van der Waals surface area (Å²) in [6.07, 6.45) is 0. The van der Waals surface area contributed by atoms with Gasteiger partial charge in [0.05, 0.1) is 6.54 Å². The van der Waals surface area contributed by atoms with E-state index in [1.165, 1.54) is 11.6 Å². The van der Waals surface area contributed by atoms with Crippen molar-refractivity contribution in [1.82, 2.24) is 0 Å². The van der Waals surface area contributed by atoms with Crippen LogP contribution in [0.5, 0.6) is 0 Å². The Labute approximate surface area is 131 Å². The molecule has 2 rings (SSSR count). The summed E-state index contributed by atoms with van der Waals surface area (Å²) in [5, 5.41) is 3.04. The molecule has 0 saturated carbocycles. The van der Waals surface area contributed by atoms with Gasteiger partial charge in [-0.3, -0.25) is 4.99 Å². The number of hydrogen-bond donors (Lipinski definition) is 2. The average molecular weight is 299 g/mol. The summed E-state index contributed by atoms with van der Waals surface area (Å²) in [5.74, 6) is 0.112. The van der Waals surface area contributed by atoms with E-state index in [2.05, 4.69) is 10.3 Å². The number of guanidine groups is 1. The number of rotatable bonds is 4. The second-order valence-electron chi connectivity index (χ2n) is 6.06. The molecular weight excluding hydrogens is 277 g/mol. The Morgan fingerprint density at radius 1 is 1.14 bits per heavy atom. The molecule has 2 aromatic carbocycles. The Morgan fingerprint density at radius 3 is 2.41 bits per heavy atom. The Morgan fingerprint density at radius 2 is 1.77 bits per heavy atom. The van der Waals surface area contributed by atoms with E-state index < -0.39 is 5.41 Å². The fraction of sp³-hybridized carbons (Fsp3) is 0.278. The molecule has 0 heterocycles. The van der Waals surface area contributed by atoms with Gasteiger partial charge >= 0.3 is 0 Å². The van der Waals surface area contributed by atoms with Crippen LogP contribution in [0.25, 0.3) is 0 Å². The van der Waals surface area contributed by atoms with Gasteiger partial charge in [0, 0.05) is 11.1 Å². The summed E-state index contributed by atoms with van der Waals surface area (Å²) < 4.78 is 13.9. The Balaban J connectivity index is 2.06. The second-order valence-corrected chi connectivity index (χ2v) is 6.06. The van der Waals surface area contributed by atoms with Crippen molar-refractivity contribution >= 4 is 11.6 Å². The SMILES string of the molecule is Cc1ccc(NC(N)=NCC(C)(C)c2ccccc2F)cc1. The molecule has 4 heteroatoms. The Hall–Kier alpha value is -2.36. The fourth-order valence-electron chi connectivity index (χ4n) is 2.20. The van der Waals surface area contributed by atoms with Crippen molar-refractivity contribution in [3.05, 3.63) is 65.5 Å². The largest absolute Gasteiger partial charge is 0.370 e. The van der Waals surface area contributed by atoms with E-state index in [1.54, 1.807) is 12.1 Å². The zero-order chi connectivity index (χ0) is 16.2. The van der Waals surface area contributed by atoms with Crippen molar-refractivity contribution < 1.29 is 4.39 Å². The van der Waals surface area contributed by atoms with Crippen molar-refractivity contribution in [1.29, 1.82) is 0 Å². The van der Waals surface area contributed by atoms with Crippen LogP contribution in [0.4, 0.5) is 10.1 Å². The molecule has 0 unspecified atom stereocenters.